The first kappa shape index (κ1) is 20.9. The molecule has 2 aromatic carbocycles. The lowest BCUT2D eigenvalue weighted by atomic mass is 10.1. The molecule has 1 aliphatic rings. The van der Waals surface area contributed by atoms with Crippen LogP contribution >= 0.6 is 11.3 Å². The zero-order valence-corrected chi connectivity index (χ0v) is 18.0. The second kappa shape index (κ2) is 8.81. The molecule has 1 fully saturated rings. The number of hydrogen-bond donors (Lipinski definition) is 2. The fourth-order valence-corrected chi connectivity index (χ4v) is 4.35. The van der Waals surface area contributed by atoms with E-state index in [0.717, 1.165) is 41.0 Å². The molecule has 2 heterocycles. The summed E-state index contributed by atoms with van der Waals surface area (Å²) >= 11 is 1.16. The number of rotatable bonds is 4. The molecular formula is C22H22FN5O2S. The number of aryl methyl sites for hydroxylation is 2. The van der Waals surface area contributed by atoms with Crippen LogP contribution in [0, 0.1) is 19.7 Å². The van der Waals surface area contributed by atoms with E-state index in [9.17, 15) is 14.0 Å². The lowest BCUT2D eigenvalue weighted by Crippen LogP contribution is -2.34. The highest BCUT2D eigenvalue weighted by Gasteiger charge is 2.33. The second-order valence-corrected chi connectivity index (χ2v) is 8.50. The molecule has 0 spiro atoms. The van der Waals surface area contributed by atoms with Crippen LogP contribution in [0.3, 0.4) is 0 Å². The van der Waals surface area contributed by atoms with Gasteiger partial charge in [0.2, 0.25) is 5.01 Å². The van der Waals surface area contributed by atoms with Crippen molar-refractivity contribution in [2.24, 2.45) is 0 Å². The number of halogens is 1. The molecule has 31 heavy (non-hydrogen) atoms. The Morgan fingerprint density at radius 2 is 1.77 bits per heavy atom. The minimum Gasteiger partial charge on any atom is -0.320 e. The van der Waals surface area contributed by atoms with Crippen LogP contribution in [0.4, 0.5) is 20.6 Å². The van der Waals surface area contributed by atoms with Crippen molar-refractivity contribution < 1.29 is 14.0 Å². The molecule has 3 aromatic rings. The summed E-state index contributed by atoms with van der Waals surface area (Å²) in [6.45, 7) is 4.64. The zero-order valence-electron chi connectivity index (χ0n) is 17.2. The maximum atomic E-state index is 13.0. The summed E-state index contributed by atoms with van der Waals surface area (Å²) in [4.78, 5) is 27.1. The normalized spacial score (nSPS) is 15.7. The number of amides is 3. The van der Waals surface area contributed by atoms with Crippen LogP contribution in [-0.2, 0) is 0 Å². The van der Waals surface area contributed by atoms with Crippen LogP contribution in [0.2, 0.25) is 0 Å². The molecule has 9 heteroatoms. The largest absolute Gasteiger partial charge is 0.322 e. The number of likely N-dealkylation sites (tertiary alicyclic amines) is 1. The summed E-state index contributed by atoms with van der Waals surface area (Å²) in [7, 11) is 0. The molecule has 3 amide bonds. The van der Waals surface area contributed by atoms with Crippen LogP contribution in [0.1, 0.15) is 44.8 Å². The summed E-state index contributed by atoms with van der Waals surface area (Å²) in [6.07, 6.45) is 1.61. The van der Waals surface area contributed by atoms with E-state index in [0.29, 0.717) is 17.2 Å². The molecule has 1 saturated heterocycles. The van der Waals surface area contributed by atoms with Gasteiger partial charge in [0.25, 0.3) is 5.91 Å². The molecule has 0 bridgehead atoms. The predicted molar refractivity (Wildman–Crippen MR) is 118 cm³/mol. The first-order valence-corrected chi connectivity index (χ1v) is 10.8. The van der Waals surface area contributed by atoms with E-state index in [1.54, 1.807) is 4.90 Å². The standard InChI is InChI=1S/C22H22FN5O2S/c1-13-5-8-17(12-14(13)2)25-22(30)28-11-3-4-18(28)20-26-27-21(31-20)19(29)24-16-9-6-15(23)7-10-16/h5-10,12,18H,3-4,11H2,1-2H3,(H,24,29)(H,25,30)/t18-/m1/s1. The third-order valence-electron chi connectivity index (χ3n) is 5.29. The van der Waals surface area contributed by atoms with Crippen LogP contribution < -0.4 is 10.6 Å². The molecule has 2 N–H and O–H groups in total. The Labute approximate surface area is 183 Å². The molecule has 1 atom stereocenters. The molecule has 0 aliphatic carbocycles. The van der Waals surface area contributed by atoms with E-state index in [-0.39, 0.29) is 22.9 Å². The number of benzene rings is 2. The maximum Gasteiger partial charge on any atom is 0.322 e. The van der Waals surface area contributed by atoms with Gasteiger partial charge in [-0.1, -0.05) is 17.4 Å². The molecule has 1 aromatic heterocycles. The smallest absolute Gasteiger partial charge is 0.320 e. The number of urea groups is 1. The van der Waals surface area contributed by atoms with Gasteiger partial charge in [0, 0.05) is 17.9 Å². The lowest BCUT2D eigenvalue weighted by Gasteiger charge is -2.23. The lowest BCUT2D eigenvalue weighted by molar-refractivity contribution is 0.102. The number of carbonyl (C=O) groups is 2. The molecule has 1 aliphatic heterocycles. The second-order valence-electron chi connectivity index (χ2n) is 7.49. The summed E-state index contributed by atoms with van der Waals surface area (Å²) in [5, 5.41) is 14.6. The first-order valence-electron chi connectivity index (χ1n) is 9.96. The zero-order chi connectivity index (χ0) is 22.0. The van der Waals surface area contributed by atoms with Gasteiger partial charge in [-0.15, -0.1) is 10.2 Å². The van der Waals surface area contributed by atoms with Gasteiger partial charge >= 0.3 is 6.03 Å². The van der Waals surface area contributed by atoms with Crippen LogP contribution in [-0.4, -0.2) is 33.6 Å². The monoisotopic (exact) mass is 439 g/mol. The predicted octanol–water partition coefficient (Wildman–Crippen LogP) is 4.92. The summed E-state index contributed by atoms with van der Waals surface area (Å²) in [5.41, 5.74) is 3.49. The number of anilines is 2. The van der Waals surface area contributed by atoms with Crippen molar-refractivity contribution >= 4 is 34.6 Å². The fourth-order valence-electron chi connectivity index (χ4n) is 3.46. The number of aromatic nitrogens is 2. The number of nitrogens with one attached hydrogen (secondary N) is 2. The Morgan fingerprint density at radius 1 is 1.03 bits per heavy atom. The van der Waals surface area contributed by atoms with Gasteiger partial charge in [0.1, 0.15) is 10.8 Å². The van der Waals surface area contributed by atoms with Crippen molar-refractivity contribution in [3.8, 4) is 0 Å². The van der Waals surface area contributed by atoms with Crippen LogP contribution in [0.25, 0.3) is 0 Å². The van der Waals surface area contributed by atoms with Crippen molar-refractivity contribution in [1.29, 1.82) is 0 Å². The van der Waals surface area contributed by atoms with Gasteiger partial charge in [0.05, 0.1) is 6.04 Å². The number of nitrogens with zero attached hydrogens (tertiary/aromatic N) is 3. The Hall–Kier alpha value is -3.33. The molecule has 0 unspecified atom stereocenters. The van der Waals surface area contributed by atoms with Crippen molar-refractivity contribution in [3.05, 3.63) is 69.4 Å². The van der Waals surface area contributed by atoms with Gasteiger partial charge < -0.3 is 15.5 Å². The summed E-state index contributed by atoms with van der Waals surface area (Å²) in [6, 6.07) is 10.9. The number of carbonyl (C=O) groups excluding carboxylic acids is 2. The molecule has 7 nitrogen and oxygen atoms in total. The maximum absolute atomic E-state index is 13.0. The van der Waals surface area contributed by atoms with Gasteiger partial charge in [-0.2, -0.15) is 0 Å². The Morgan fingerprint density at radius 3 is 2.52 bits per heavy atom. The van der Waals surface area contributed by atoms with Crippen LogP contribution in [0.5, 0.6) is 0 Å². The third-order valence-corrected chi connectivity index (χ3v) is 6.32. The summed E-state index contributed by atoms with van der Waals surface area (Å²) < 4.78 is 13.0. The highest BCUT2D eigenvalue weighted by Crippen LogP contribution is 2.34. The van der Waals surface area contributed by atoms with E-state index in [4.69, 9.17) is 0 Å². The molecule has 0 saturated carbocycles. The highest BCUT2D eigenvalue weighted by molar-refractivity contribution is 7.13. The van der Waals surface area contributed by atoms with Crippen molar-refractivity contribution in [1.82, 2.24) is 15.1 Å². The topological polar surface area (TPSA) is 87.2 Å². The van der Waals surface area contributed by atoms with Crippen molar-refractivity contribution in [2.75, 3.05) is 17.2 Å². The first-order chi connectivity index (χ1) is 14.9. The Balaban J connectivity index is 1.44. The minimum atomic E-state index is -0.417. The minimum absolute atomic E-state index is 0.195. The Bertz CT molecular complexity index is 1120. The summed E-state index contributed by atoms with van der Waals surface area (Å²) in [5.74, 6) is -0.795. The quantitative estimate of drug-likeness (QED) is 0.604. The fraction of sp³-hybridized carbons (Fsp3) is 0.273. The van der Waals surface area contributed by atoms with E-state index in [2.05, 4.69) is 20.8 Å². The van der Waals surface area contributed by atoms with E-state index < -0.39 is 5.91 Å². The van der Waals surface area contributed by atoms with Crippen molar-refractivity contribution in [2.45, 2.75) is 32.7 Å². The number of hydrogen-bond acceptors (Lipinski definition) is 5. The molecule has 4 rings (SSSR count). The van der Waals surface area contributed by atoms with Crippen molar-refractivity contribution in [3.63, 3.8) is 0 Å². The van der Waals surface area contributed by atoms with Gasteiger partial charge in [0.15, 0.2) is 0 Å². The van der Waals surface area contributed by atoms with Crippen LogP contribution in [0.15, 0.2) is 42.5 Å². The molecular weight excluding hydrogens is 417 g/mol. The highest BCUT2D eigenvalue weighted by atomic mass is 32.1. The van der Waals surface area contributed by atoms with Gasteiger partial charge in [-0.05, 0) is 74.2 Å². The SMILES string of the molecule is Cc1ccc(NC(=O)N2CCC[C@@H]2c2nnc(C(=O)Nc3ccc(F)cc3)s2)cc1C. The van der Waals surface area contributed by atoms with Gasteiger partial charge in [-0.25, -0.2) is 9.18 Å². The van der Waals surface area contributed by atoms with E-state index in [1.165, 1.54) is 24.3 Å². The average molecular weight is 440 g/mol. The van der Waals surface area contributed by atoms with Gasteiger partial charge in [-0.3, -0.25) is 4.79 Å². The van der Waals surface area contributed by atoms with E-state index >= 15 is 0 Å². The molecule has 160 valence electrons. The Kier molecular flexibility index (Phi) is 5.94. The van der Waals surface area contributed by atoms with E-state index in [1.807, 2.05) is 32.0 Å². The molecule has 0 radical (unpaired) electrons. The third kappa shape index (κ3) is 4.72. The average Bonchev–Trinajstić information content (AvgIpc) is 3.42.